The van der Waals surface area contributed by atoms with E-state index in [0.29, 0.717) is 18.8 Å². The summed E-state index contributed by atoms with van der Waals surface area (Å²) < 4.78 is 23.1. The molecule has 0 spiro atoms. The average molecular weight is 283 g/mol. The molecule has 1 aliphatic heterocycles. The van der Waals surface area contributed by atoms with E-state index in [1.807, 2.05) is 13.8 Å². The van der Waals surface area contributed by atoms with Gasteiger partial charge in [-0.1, -0.05) is 6.92 Å². The molecule has 0 aliphatic carbocycles. The number of rotatable bonds is 3. The Morgan fingerprint density at radius 2 is 1.89 bits per heavy atom. The summed E-state index contributed by atoms with van der Waals surface area (Å²) in [6.45, 7) is 6.51. The number of sulfone groups is 1. The Morgan fingerprint density at radius 1 is 1.32 bits per heavy atom. The van der Waals surface area contributed by atoms with Gasteiger partial charge < -0.3 is 5.73 Å². The van der Waals surface area contributed by atoms with Gasteiger partial charge in [0, 0.05) is 17.3 Å². The first-order valence-electron chi connectivity index (χ1n) is 6.59. The molecule has 1 aliphatic rings. The molecular weight excluding hydrogens is 262 g/mol. The SMILES string of the molecule is Cc1nc(C2CCS(=O)(=O)C2)nc(C)c1C(C)CN. The smallest absolute Gasteiger partial charge is 0.151 e. The highest BCUT2D eigenvalue weighted by molar-refractivity contribution is 7.91. The van der Waals surface area contributed by atoms with Crippen molar-refractivity contribution in [2.75, 3.05) is 18.1 Å². The molecule has 2 N–H and O–H groups in total. The van der Waals surface area contributed by atoms with Crippen LogP contribution in [0.25, 0.3) is 0 Å². The third-order valence-electron chi connectivity index (χ3n) is 3.79. The molecule has 2 rings (SSSR count). The van der Waals surface area contributed by atoms with Gasteiger partial charge in [-0.15, -0.1) is 0 Å². The van der Waals surface area contributed by atoms with Crippen molar-refractivity contribution in [3.63, 3.8) is 0 Å². The minimum absolute atomic E-state index is 0.0513. The van der Waals surface area contributed by atoms with Crippen LogP contribution in [-0.4, -0.2) is 36.4 Å². The van der Waals surface area contributed by atoms with Gasteiger partial charge in [-0.3, -0.25) is 0 Å². The molecule has 2 atom stereocenters. The van der Waals surface area contributed by atoms with Crippen LogP contribution >= 0.6 is 0 Å². The van der Waals surface area contributed by atoms with Crippen LogP contribution in [0.3, 0.4) is 0 Å². The van der Waals surface area contributed by atoms with Gasteiger partial charge in [-0.05, 0) is 38.3 Å². The lowest BCUT2D eigenvalue weighted by Gasteiger charge is -2.17. The first-order valence-corrected chi connectivity index (χ1v) is 8.41. The summed E-state index contributed by atoms with van der Waals surface area (Å²) in [6.07, 6.45) is 0.632. The predicted octanol–water partition coefficient (Wildman–Crippen LogP) is 1.06. The molecule has 1 aromatic rings. The molecule has 0 aromatic carbocycles. The molecule has 0 saturated carbocycles. The molecule has 0 bridgehead atoms. The Labute approximate surface area is 114 Å². The summed E-state index contributed by atoms with van der Waals surface area (Å²) in [5.41, 5.74) is 8.63. The Kier molecular flexibility index (Phi) is 3.92. The van der Waals surface area contributed by atoms with Crippen LogP contribution < -0.4 is 5.73 Å². The van der Waals surface area contributed by atoms with Crippen LogP contribution in [0.15, 0.2) is 0 Å². The van der Waals surface area contributed by atoms with Crippen molar-refractivity contribution < 1.29 is 8.42 Å². The molecule has 1 aromatic heterocycles. The maximum absolute atomic E-state index is 11.5. The zero-order chi connectivity index (χ0) is 14.2. The molecule has 5 nitrogen and oxygen atoms in total. The van der Waals surface area contributed by atoms with Gasteiger partial charge in [-0.25, -0.2) is 18.4 Å². The van der Waals surface area contributed by atoms with Crippen LogP contribution in [0.2, 0.25) is 0 Å². The highest BCUT2D eigenvalue weighted by atomic mass is 32.2. The lowest BCUT2D eigenvalue weighted by atomic mass is 9.97. The number of aromatic nitrogens is 2. The van der Waals surface area contributed by atoms with E-state index in [9.17, 15) is 8.42 Å². The highest BCUT2D eigenvalue weighted by Crippen LogP contribution is 2.29. The fourth-order valence-corrected chi connectivity index (χ4v) is 4.50. The van der Waals surface area contributed by atoms with Crippen LogP contribution in [0.4, 0.5) is 0 Å². The van der Waals surface area contributed by atoms with Crippen LogP contribution in [0, 0.1) is 13.8 Å². The van der Waals surface area contributed by atoms with Crippen LogP contribution in [0.1, 0.15) is 48.0 Å². The normalized spacial score (nSPS) is 23.5. The minimum Gasteiger partial charge on any atom is -0.330 e. The summed E-state index contributed by atoms with van der Waals surface area (Å²) in [5, 5.41) is 0. The van der Waals surface area contributed by atoms with Crippen molar-refractivity contribution in [2.24, 2.45) is 5.73 Å². The molecule has 0 radical (unpaired) electrons. The van der Waals surface area contributed by atoms with E-state index in [4.69, 9.17) is 5.73 Å². The van der Waals surface area contributed by atoms with E-state index in [1.54, 1.807) is 0 Å². The zero-order valence-corrected chi connectivity index (χ0v) is 12.5. The van der Waals surface area contributed by atoms with Crippen molar-refractivity contribution >= 4 is 9.84 Å². The maximum atomic E-state index is 11.5. The molecule has 19 heavy (non-hydrogen) atoms. The summed E-state index contributed by atoms with van der Waals surface area (Å²) in [6, 6.07) is 0. The van der Waals surface area contributed by atoms with E-state index >= 15 is 0 Å². The zero-order valence-electron chi connectivity index (χ0n) is 11.7. The van der Waals surface area contributed by atoms with Gasteiger partial charge in [0.1, 0.15) is 5.82 Å². The number of hydrogen-bond acceptors (Lipinski definition) is 5. The first kappa shape index (κ1) is 14.4. The third-order valence-corrected chi connectivity index (χ3v) is 5.56. The first-order chi connectivity index (χ1) is 8.84. The molecule has 1 saturated heterocycles. The molecule has 2 heterocycles. The quantitative estimate of drug-likeness (QED) is 0.896. The predicted molar refractivity (Wildman–Crippen MR) is 75.0 cm³/mol. The number of nitrogens with two attached hydrogens (primary N) is 1. The lowest BCUT2D eigenvalue weighted by molar-refractivity contribution is 0.600. The van der Waals surface area contributed by atoms with Crippen LogP contribution in [0.5, 0.6) is 0 Å². The van der Waals surface area contributed by atoms with E-state index < -0.39 is 9.84 Å². The van der Waals surface area contributed by atoms with Gasteiger partial charge in [0.15, 0.2) is 9.84 Å². The fraction of sp³-hybridized carbons (Fsp3) is 0.692. The molecule has 2 unspecified atom stereocenters. The molecule has 106 valence electrons. The number of aryl methyl sites for hydroxylation is 2. The Morgan fingerprint density at radius 3 is 2.32 bits per heavy atom. The fourth-order valence-electron chi connectivity index (χ4n) is 2.76. The van der Waals surface area contributed by atoms with Crippen molar-refractivity contribution in [1.82, 2.24) is 9.97 Å². The van der Waals surface area contributed by atoms with E-state index in [-0.39, 0.29) is 23.3 Å². The molecule has 1 fully saturated rings. The summed E-state index contributed by atoms with van der Waals surface area (Å²) in [5.74, 6) is 1.27. The van der Waals surface area contributed by atoms with Gasteiger partial charge in [0.25, 0.3) is 0 Å². The van der Waals surface area contributed by atoms with Gasteiger partial charge in [0.2, 0.25) is 0 Å². The van der Waals surface area contributed by atoms with Crippen molar-refractivity contribution in [3.05, 3.63) is 22.8 Å². The molecule has 0 amide bonds. The van der Waals surface area contributed by atoms with Crippen LogP contribution in [-0.2, 0) is 9.84 Å². The lowest BCUT2D eigenvalue weighted by Crippen LogP contribution is -2.16. The minimum atomic E-state index is -2.90. The van der Waals surface area contributed by atoms with Crippen molar-refractivity contribution in [1.29, 1.82) is 0 Å². The Balaban J connectivity index is 2.36. The topological polar surface area (TPSA) is 85.9 Å². The third kappa shape index (κ3) is 2.95. The maximum Gasteiger partial charge on any atom is 0.151 e. The second kappa shape index (κ2) is 5.17. The van der Waals surface area contributed by atoms with E-state index in [1.165, 1.54) is 0 Å². The van der Waals surface area contributed by atoms with Crippen molar-refractivity contribution in [3.8, 4) is 0 Å². The van der Waals surface area contributed by atoms with Gasteiger partial charge >= 0.3 is 0 Å². The average Bonchev–Trinajstić information content (AvgIpc) is 2.68. The van der Waals surface area contributed by atoms with Gasteiger partial charge in [-0.2, -0.15) is 0 Å². The van der Waals surface area contributed by atoms with Gasteiger partial charge in [0.05, 0.1) is 11.5 Å². The van der Waals surface area contributed by atoms with E-state index in [2.05, 4.69) is 16.9 Å². The number of nitrogens with zero attached hydrogens (tertiary/aromatic N) is 2. The van der Waals surface area contributed by atoms with Crippen molar-refractivity contribution in [2.45, 2.75) is 39.0 Å². The Bertz CT molecular complexity index is 561. The molecular formula is C13H21N3O2S. The highest BCUT2D eigenvalue weighted by Gasteiger charge is 2.31. The summed E-state index contributed by atoms with van der Waals surface area (Å²) in [4.78, 5) is 9.04. The second-order valence-corrected chi connectivity index (χ2v) is 7.63. The standard InChI is InChI=1S/C13H21N3O2S/c1-8(6-14)12-9(2)15-13(16-10(12)3)11-4-5-19(17,18)7-11/h8,11H,4-7,14H2,1-3H3. The Hall–Kier alpha value is -1.01. The summed E-state index contributed by atoms with van der Waals surface area (Å²) >= 11 is 0. The second-order valence-electron chi connectivity index (χ2n) is 5.40. The molecule has 6 heteroatoms. The largest absolute Gasteiger partial charge is 0.330 e. The monoisotopic (exact) mass is 283 g/mol. The summed E-state index contributed by atoms with van der Waals surface area (Å²) in [7, 11) is -2.90. The number of hydrogen-bond donors (Lipinski definition) is 1. The van der Waals surface area contributed by atoms with E-state index in [0.717, 1.165) is 17.0 Å².